The second kappa shape index (κ2) is 13.3. The molecule has 2 aromatic rings. The van der Waals surface area contributed by atoms with Gasteiger partial charge in [0, 0.05) is 39.1 Å². The Kier molecular flexibility index (Phi) is 11.9. The zero-order chi connectivity index (χ0) is 21.9. The third-order valence-corrected chi connectivity index (χ3v) is 7.79. The SMILES string of the molecule is CC.CC.O=C(CCN1CCN(S(=O)(=O)c2ccccc2)CC1)c1ccc(Br)s1. The fourth-order valence-electron chi connectivity index (χ4n) is 2.78. The second-order valence-electron chi connectivity index (χ2n) is 5.84. The molecule has 1 aliphatic heterocycles. The maximum Gasteiger partial charge on any atom is 0.243 e. The van der Waals surface area contributed by atoms with E-state index in [2.05, 4.69) is 20.8 Å². The predicted octanol–water partition coefficient (Wildman–Crippen LogP) is 5.14. The minimum Gasteiger partial charge on any atom is -0.300 e. The molecule has 0 spiro atoms. The maximum atomic E-state index is 12.6. The molecule has 1 aromatic carbocycles. The molecule has 0 amide bonds. The number of benzene rings is 1. The van der Waals surface area contributed by atoms with Crippen molar-refractivity contribution in [2.75, 3.05) is 32.7 Å². The number of Topliss-reactive ketones (excluding diaryl/α,β-unsaturated/α-hetero) is 1. The van der Waals surface area contributed by atoms with E-state index in [1.807, 2.05) is 39.8 Å². The van der Waals surface area contributed by atoms with Crippen molar-refractivity contribution < 1.29 is 13.2 Å². The Labute approximate surface area is 187 Å². The summed E-state index contributed by atoms with van der Waals surface area (Å²) in [5.74, 6) is 0.134. The topological polar surface area (TPSA) is 57.7 Å². The first-order valence-electron chi connectivity index (χ1n) is 10.0. The van der Waals surface area contributed by atoms with Gasteiger partial charge in [-0.05, 0) is 40.2 Å². The van der Waals surface area contributed by atoms with E-state index in [0.29, 0.717) is 44.0 Å². The van der Waals surface area contributed by atoms with Gasteiger partial charge in [-0.25, -0.2) is 8.42 Å². The van der Waals surface area contributed by atoms with Crippen LogP contribution in [0.4, 0.5) is 0 Å². The normalized spacial score (nSPS) is 14.9. The van der Waals surface area contributed by atoms with Gasteiger partial charge in [0.1, 0.15) is 0 Å². The maximum absolute atomic E-state index is 12.6. The van der Waals surface area contributed by atoms with E-state index >= 15 is 0 Å². The summed E-state index contributed by atoms with van der Waals surface area (Å²) in [5.41, 5.74) is 0. The zero-order valence-electron chi connectivity index (χ0n) is 17.6. The van der Waals surface area contributed by atoms with Gasteiger partial charge in [0.15, 0.2) is 5.78 Å². The van der Waals surface area contributed by atoms with Crippen molar-refractivity contribution in [3.63, 3.8) is 0 Å². The first-order valence-corrected chi connectivity index (χ1v) is 13.1. The van der Waals surface area contributed by atoms with Crippen LogP contribution in [-0.4, -0.2) is 56.1 Å². The van der Waals surface area contributed by atoms with Crippen molar-refractivity contribution in [3.05, 3.63) is 51.1 Å². The predicted molar refractivity (Wildman–Crippen MR) is 125 cm³/mol. The van der Waals surface area contributed by atoms with E-state index in [-0.39, 0.29) is 5.78 Å². The lowest BCUT2D eigenvalue weighted by Crippen LogP contribution is -2.48. The number of ketones is 1. The molecule has 1 aliphatic rings. The number of thiophene rings is 1. The Bertz CT molecular complexity index is 831. The zero-order valence-corrected chi connectivity index (χ0v) is 20.8. The van der Waals surface area contributed by atoms with E-state index < -0.39 is 10.0 Å². The molecule has 0 bridgehead atoms. The van der Waals surface area contributed by atoms with Crippen molar-refractivity contribution in [1.29, 1.82) is 0 Å². The molecule has 5 nitrogen and oxygen atoms in total. The van der Waals surface area contributed by atoms with Crippen molar-refractivity contribution in [2.45, 2.75) is 39.0 Å². The summed E-state index contributed by atoms with van der Waals surface area (Å²) < 4.78 is 27.7. The molecule has 0 unspecified atom stereocenters. The highest BCUT2D eigenvalue weighted by atomic mass is 79.9. The standard InChI is InChI=1S/C17H19BrN2O3S2.2C2H6/c18-17-7-6-16(24-17)15(21)8-9-19-10-12-20(13-11-19)25(22,23)14-4-2-1-3-5-14;2*1-2/h1-7H,8-13H2;2*1-2H3. The summed E-state index contributed by atoms with van der Waals surface area (Å²) >= 11 is 4.81. The van der Waals surface area contributed by atoms with Gasteiger partial charge in [0.05, 0.1) is 13.6 Å². The van der Waals surface area contributed by atoms with E-state index in [1.54, 1.807) is 30.3 Å². The Morgan fingerprint density at radius 3 is 2.07 bits per heavy atom. The monoisotopic (exact) mass is 502 g/mol. The fourth-order valence-corrected chi connectivity index (χ4v) is 5.58. The lowest BCUT2D eigenvalue weighted by molar-refractivity contribution is 0.0956. The summed E-state index contributed by atoms with van der Waals surface area (Å²) in [6, 6.07) is 12.2. The van der Waals surface area contributed by atoms with Crippen molar-refractivity contribution in [2.24, 2.45) is 0 Å². The number of piperazine rings is 1. The fraction of sp³-hybridized carbons (Fsp3) is 0.476. The number of sulfonamides is 1. The van der Waals surface area contributed by atoms with Gasteiger partial charge in [-0.2, -0.15) is 4.31 Å². The van der Waals surface area contributed by atoms with Crippen LogP contribution in [0.5, 0.6) is 0 Å². The van der Waals surface area contributed by atoms with Crippen LogP contribution in [0.25, 0.3) is 0 Å². The highest BCUT2D eigenvalue weighted by Gasteiger charge is 2.28. The van der Waals surface area contributed by atoms with Gasteiger partial charge in [0.2, 0.25) is 10.0 Å². The minimum absolute atomic E-state index is 0.134. The molecule has 29 heavy (non-hydrogen) atoms. The molecule has 0 saturated carbocycles. The lowest BCUT2D eigenvalue weighted by atomic mass is 10.2. The van der Waals surface area contributed by atoms with Gasteiger partial charge in [-0.3, -0.25) is 4.79 Å². The third kappa shape index (κ3) is 7.61. The number of hydrogen-bond acceptors (Lipinski definition) is 5. The van der Waals surface area contributed by atoms with Crippen LogP contribution in [0.15, 0.2) is 51.1 Å². The molecule has 0 aliphatic carbocycles. The van der Waals surface area contributed by atoms with Crippen molar-refractivity contribution >= 4 is 43.1 Å². The van der Waals surface area contributed by atoms with Gasteiger partial charge >= 0.3 is 0 Å². The first-order chi connectivity index (χ1) is 14.0. The molecule has 2 heterocycles. The highest BCUT2D eigenvalue weighted by molar-refractivity contribution is 9.11. The lowest BCUT2D eigenvalue weighted by Gasteiger charge is -2.33. The minimum atomic E-state index is -3.42. The van der Waals surface area contributed by atoms with Crippen LogP contribution in [0.1, 0.15) is 43.8 Å². The molecule has 0 atom stereocenters. The van der Waals surface area contributed by atoms with E-state index in [9.17, 15) is 13.2 Å². The molecule has 1 aromatic heterocycles. The van der Waals surface area contributed by atoms with Crippen LogP contribution in [-0.2, 0) is 10.0 Å². The smallest absolute Gasteiger partial charge is 0.243 e. The van der Waals surface area contributed by atoms with E-state index in [1.165, 1.54) is 15.6 Å². The Balaban J connectivity index is 0.000000989. The Hall–Kier alpha value is -1.06. The van der Waals surface area contributed by atoms with Crippen LogP contribution in [0, 0.1) is 0 Å². The van der Waals surface area contributed by atoms with E-state index in [0.717, 1.165) is 8.66 Å². The number of carbonyl (C=O) groups is 1. The van der Waals surface area contributed by atoms with Gasteiger partial charge in [-0.1, -0.05) is 45.9 Å². The van der Waals surface area contributed by atoms with Gasteiger partial charge in [-0.15, -0.1) is 11.3 Å². The quantitative estimate of drug-likeness (QED) is 0.512. The van der Waals surface area contributed by atoms with Crippen LogP contribution >= 0.6 is 27.3 Å². The van der Waals surface area contributed by atoms with Crippen LogP contribution < -0.4 is 0 Å². The Morgan fingerprint density at radius 1 is 0.966 bits per heavy atom. The molecule has 1 saturated heterocycles. The molecule has 0 radical (unpaired) electrons. The number of halogens is 1. The Morgan fingerprint density at radius 2 is 1.55 bits per heavy atom. The summed E-state index contributed by atoms with van der Waals surface area (Å²) in [4.78, 5) is 15.4. The summed E-state index contributed by atoms with van der Waals surface area (Å²) in [7, 11) is -3.42. The largest absolute Gasteiger partial charge is 0.300 e. The molecular formula is C21H31BrN2O3S2. The number of rotatable bonds is 6. The van der Waals surface area contributed by atoms with Gasteiger partial charge < -0.3 is 4.90 Å². The average molecular weight is 504 g/mol. The van der Waals surface area contributed by atoms with Crippen molar-refractivity contribution in [3.8, 4) is 0 Å². The first kappa shape index (κ1) is 26.0. The summed E-state index contributed by atoms with van der Waals surface area (Å²) in [6.45, 7) is 10.9. The van der Waals surface area contributed by atoms with Crippen molar-refractivity contribution in [1.82, 2.24) is 9.21 Å². The van der Waals surface area contributed by atoms with Crippen LogP contribution in [0.3, 0.4) is 0 Å². The summed E-state index contributed by atoms with van der Waals surface area (Å²) in [6.07, 6.45) is 0.457. The van der Waals surface area contributed by atoms with Crippen LogP contribution in [0.2, 0.25) is 0 Å². The van der Waals surface area contributed by atoms with Gasteiger partial charge in [0.25, 0.3) is 0 Å². The van der Waals surface area contributed by atoms with E-state index in [4.69, 9.17) is 0 Å². The molecule has 8 heteroatoms. The number of nitrogens with zero attached hydrogens (tertiary/aromatic N) is 2. The second-order valence-corrected chi connectivity index (χ2v) is 10.2. The molecular weight excluding hydrogens is 472 g/mol. The molecule has 3 rings (SSSR count). The number of hydrogen-bond donors (Lipinski definition) is 0. The summed E-state index contributed by atoms with van der Waals surface area (Å²) in [5, 5.41) is 0. The molecule has 1 fully saturated rings. The third-order valence-electron chi connectivity index (χ3n) is 4.22. The highest BCUT2D eigenvalue weighted by Crippen LogP contribution is 2.23. The molecule has 162 valence electrons. The number of carbonyl (C=O) groups excluding carboxylic acids is 1. The average Bonchev–Trinajstić information content (AvgIpc) is 3.22. The molecule has 0 N–H and O–H groups in total.